The average molecular weight is 400 g/mol. The Morgan fingerprint density at radius 2 is 2.10 bits per heavy atom. The number of carbonyl (C=O) groups is 1. The van der Waals surface area contributed by atoms with E-state index in [0.29, 0.717) is 17.0 Å². The molecule has 1 aliphatic carbocycles. The van der Waals surface area contributed by atoms with Gasteiger partial charge in [0.25, 0.3) is 11.8 Å². The van der Waals surface area contributed by atoms with Crippen LogP contribution < -0.4 is 0 Å². The predicted molar refractivity (Wildman–Crippen MR) is 94.0 cm³/mol. The van der Waals surface area contributed by atoms with Crippen molar-refractivity contribution in [3.63, 3.8) is 0 Å². The van der Waals surface area contributed by atoms with E-state index in [0.717, 1.165) is 17.9 Å². The van der Waals surface area contributed by atoms with Crippen LogP contribution in [-0.4, -0.2) is 54.5 Å². The lowest BCUT2D eigenvalue weighted by Gasteiger charge is -2.11. The van der Waals surface area contributed by atoms with Crippen LogP contribution in [0.3, 0.4) is 0 Å². The Hall–Kier alpha value is -3.70. The molecule has 10 nitrogen and oxygen atoms in total. The average Bonchev–Trinajstić information content (AvgIpc) is 3.47. The van der Waals surface area contributed by atoms with Gasteiger partial charge in [0, 0.05) is 19.2 Å². The Morgan fingerprint density at radius 3 is 2.76 bits per heavy atom. The van der Waals surface area contributed by atoms with Crippen molar-refractivity contribution in [1.82, 2.24) is 35.4 Å². The molecule has 0 bridgehead atoms. The summed E-state index contributed by atoms with van der Waals surface area (Å²) in [5.41, 5.74) is 1.64. The first-order valence-corrected chi connectivity index (χ1v) is 8.60. The number of pyridine rings is 1. The van der Waals surface area contributed by atoms with Crippen LogP contribution >= 0.6 is 0 Å². The van der Waals surface area contributed by atoms with Crippen LogP contribution in [0.4, 0.5) is 8.78 Å². The van der Waals surface area contributed by atoms with E-state index in [1.165, 1.54) is 25.8 Å². The highest BCUT2D eigenvalue weighted by Crippen LogP contribution is 2.39. The first kappa shape index (κ1) is 18.7. The lowest BCUT2D eigenvalue weighted by atomic mass is 10.2. The Morgan fingerprint density at radius 1 is 1.28 bits per heavy atom. The number of carbonyl (C=O) groups excluding carboxylic acids is 1. The van der Waals surface area contributed by atoms with Gasteiger partial charge in [0.1, 0.15) is 6.33 Å². The first-order valence-electron chi connectivity index (χ1n) is 8.60. The van der Waals surface area contributed by atoms with E-state index in [1.807, 2.05) is 0 Å². The van der Waals surface area contributed by atoms with Crippen molar-refractivity contribution in [3.8, 4) is 11.5 Å². The van der Waals surface area contributed by atoms with Gasteiger partial charge in [-0.15, -0.1) is 15.3 Å². The second-order valence-corrected chi connectivity index (χ2v) is 6.26. The fourth-order valence-electron chi connectivity index (χ4n) is 2.48. The Kier molecular flexibility index (Phi) is 4.97. The van der Waals surface area contributed by atoms with E-state index < -0.39 is 18.2 Å². The minimum absolute atomic E-state index is 0.0625. The molecule has 0 unspecified atom stereocenters. The fourth-order valence-corrected chi connectivity index (χ4v) is 2.48. The molecule has 3 aromatic heterocycles. The summed E-state index contributed by atoms with van der Waals surface area (Å²) in [6.45, 7) is 0. The third-order valence-corrected chi connectivity index (χ3v) is 4.13. The van der Waals surface area contributed by atoms with Gasteiger partial charge >= 0.3 is 6.43 Å². The van der Waals surface area contributed by atoms with Gasteiger partial charge in [-0.1, -0.05) is 0 Å². The van der Waals surface area contributed by atoms with Gasteiger partial charge in [0.15, 0.2) is 5.69 Å². The van der Waals surface area contributed by atoms with Crippen molar-refractivity contribution in [2.24, 2.45) is 5.10 Å². The number of hydrogen-bond acceptors (Lipinski definition) is 9. The van der Waals surface area contributed by atoms with E-state index in [9.17, 15) is 13.6 Å². The maximum absolute atomic E-state index is 12.6. The second-order valence-electron chi connectivity index (χ2n) is 6.26. The van der Waals surface area contributed by atoms with Crippen LogP contribution in [0.25, 0.3) is 11.5 Å². The molecule has 148 valence electrons. The van der Waals surface area contributed by atoms with Crippen molar-refractivity contribution in [1.29, 1.82) is 0 Å². The molecular weight excluding hydrogens is 386 g/mol. The molecule has 12 heteroatoms. The number of amides is 1. The molecule has 29 heavy (non-hydrogen) atoms. The van der Waals surface area contributed by atoms with Crippen LogP contribution in [0.1, 0.15) is 53.0 Å². The molecule has 3 aromatic rings. The summed E-state index contributed by atoms with van der Waals surface area (Å²) in [7, 11) is 1.50. The van der Waals surface area contributed by atoms with Crippen LogP contribution in [0, 0.1) is 0 Å². The zero-order chi connectivity index (χ0) is 20.4. The number of halogens is 2. The number of aromatic nitrogens is 6. The molecule has 0 radical (unpaired) electrons. The van der Waals surface area contributed by atoms with Gasteiger partial charge in [0.05, 0.1) is 23.2 Å². The van der Waals surface area contributed by atoms with Crippen LogP contribution in [-0.2, 0) is 0 Å². The molecular formula is C17H14F2N8O2. The van der Waals surface area contributed by atoms with Crippen molar-refractivity contribution in [3.05, 3.63) is 47.6 Å². The molecule has 1 aliphatic rings. The predicted octanol–water partition coefficient (Wildman–Crippen LogP) is 2.24. The number of hydrazone groups is 1. The van der Waals surface area contributed by atoms with E-state index in [1.54, 1.807) is 12.1 Å². The van der Waals surface area contributed by atoms with Gasteiger partial charge < -0.3 is 4.42 Å². The summed E-state index contributed by atoms with van der Waals surface area (Å²) in [6, 6.07) is 3.14. The topological polar surface area (TPSA) is 123 Å². The highest BCUT2D eigenvalue weighted by Gasteiger charge is 2.32. The second kappa shape index (κ2) is 7.73. The summed E-state index contributed by atoms with van der Waals surface area (Å²) < 4.78 is 29.9. The lowest BCUT2D eigenvalue weighted by molar-refractivity contribution is 0.0792. The molecule has 4 rings (SSSR count). The van der Waals surface area contributed by atoms with Gasteiger partial charge in [-0.3, -0.25) is 9.78 Å². The zero-order valence-corrected chi connectivity index (χ0v) is 15.1. The lowest BCUT2D eigenvalue weighted by Crippen LogP contribution is -2.24. The third-order valence-electron chi connectivity index (χ3n) is 4.13. The van der Waals surface area contributed by atoms with E-state index >= 15 is 0 Å². The molecule has 0 N–H and O–H groups in total. The van der Waals surface area contributed by atoms with Gasteiger partial charge in [-0.05, 0) is 25.0 Å². The van der Waals surface area contributed by atoms with Crippen molar-refractivity contribution < 1.29 is 18.0 Å². The molecule has 0 aromatic carbocycles. The molecule has 0 saturated heterocycles. The highest BCUT2D eigenvalue weighted by atomic mass is 19.3. The van der Waals surface area contributed by atoms with Gasteiger partial charge in [-0.2, -0.15) is 19.0 Å². The Balaban J connectivity index is 1.45. The van der Waals surface area contributed by atoms with Gasteiger partial charge in [0.2, 0.25) is 5.89 Å². The molecule has 1 saturated carbocycles. The minimum Gasteiger partial charge on any atom is -0.415 e. The summed E-state index contributed by atoms with van der Waals surface area (Å²) in [6.07, 6.45) is 3.07. The first-order chi connectivity index (χ1) is 14.0. The van der Waals surface area contributed by atoms with Crippen LogP contribution in [0.5, 0.6) is 0 Å². The van der Waals surface area contributed by atoms with Crippen LogP contribution in [0.2, 0.25) is 0 Å². The number of rotatable bonds is 6. The molecule has 0 spiro atoms. The van der Waals surface area contributed by atoms with Crippen molar-refractivity contribution in [2.45, 2.75) is 25.2 Å². The van der Waals surface area contributed by atoms with Gasteiger partial charge in [-0.25, -0.2) is 9.99 Å². The monoisotopic (exact) mass is 400 g/mol. The Labute approximate surface area is 162 Å². The maximum atomic E-state index is 12.6. The Bertz CT molecular complexity index is 1050. The van der Waals surface area contributed by atoms with E-state index in [-0.39, 0.29) is 17.5 Å². The summed E-state index contributed by atoms with van der Waals surface area (Å²) in [5.74, 6) is -1.000. The van der Waals surface area contributed by atoms with Crippen molar-refractivity contribution >= 4 is 12.1 Å². The van der Waals surface area contributed by atoms with E-state index in [2.05, 4.69) is 35.5 Å². The molecule has 0 atom stereocenters. The van der Waals surface area contributed by atoms with Crippen molar-refractivity contribution in [2.75, 3.05) is 7.05 Å². The molecule has 1 fully saturated rings. The van der Waals surface area contributed by atoms with Crippen LogP contribution in [0.15, 0.2) is 34.2 Å². The summed E-state index contributed by atoms with van der Waals surface area (Å²) in [5, 5.41) is 19.8. The number of hydrogen-bond donors (Lipinski definition) is 0. The van der Waals surface area contributed by atoms with E-state index in [4.69, 9.17) is 4.42 Å². The quantitative estimate of drug-likeness (QED) is 0.456. The maximum Gasteiger partial charge on any atom is 0.314 e. The molecule has 0 aliphatic heterocycles. The largest absolute Gasteiger partial charge is 0.415 e. The summed E-state index contributed by atoms with van der Waals surface area (Å²) in [4.78, 5) is 20.8. The summed E-state index contributed by atoms with van der Waals surface area (Å²) >= 11 is 0. The zero-order valence-electron chi connectivity index (χ0n) is 15.1. The normalized spacial score (nSPS) is 13.9. The standard InChI is InChI=1S/C17H14F2N8O2/c1-27(17(28)13-12(9-2-3-9)24-22-8-21-13)23-7-11-5-4-10(6-20-11)15-25-26-16(29-15)14(18)19/h4-9,14H,2-3H2,1H3/b23-7+. The smallest absolute Gasteiger partial charge is 0.314 e. The SMILES string of the molecule is CN(/N=C/c1ccc(-c2nnc(C(F)F)o2)cn1)C(=O)c1ncnnc1C1CC1. The third kappa shape index (κ3) is 4.10. The minimum atomic E-state index is -2.84. The molecule has 3 heterocycles. The molecule has 1 amide bonds. The highest BCUT2D eigenvalue weighted by molar-refractivity contribution is 5.94. The fraction of sp³-hybridized carbons (Fsp3) is 0.294. The number of nitrogens with zero attached hydrogens (tertiary/aromatic N) is 8. The number of alkyl halides is 2.